The molecule has 21 heavy (non-hydrogen) atoms. The van der Waals surface area contributed by atoms with E-state index in [-0.39, 0.29) is 6.04 Å². The van der Waals surface area contributed by atoms with Gasteiger partial charge in [0.2, 0.25) is 0 Å². The molecule has 3 nitrogen and oxygen atoms in total. The van der Waals surface area contributed by atoms with E-state index in [0.29, 0.717) is 6.04 Å². The Morgan fingerprint density at radius 2 is 2.19 bits per heavy atom. The van der Waals surface area contributed by atoms with Crippen molar-refractivity contribution >= 4 is 11.3 Å². The standard InChI is InChI=1S/C17H25N3S/c1-3-13-6-8-14(9-7-13)19-16(15-5-4-12-21-15)17-18-10-11-20(17)2/h4-5,10-14,16,19H,3,6-9H2,1-2H3. The zero-order valence-electron chi connectivity index (χ0n) is 13.0. The van der Waals surface area contributed by atoms with Gasteiger partial charge in [-0.25, -0.2) is 4.98 Å². The van der Waals surface area contributed by atoms with Crippen LogP contribution in [0.3, 0.4) is 0 Å². The molecule has 4 heteroatoms. The average molecular weight is 303 g/mol. The van der Waals surface area contributed by atoms with Gasteiger partial charge in [-0.15, -0.1) is 11.3 Å². The smallest absolute Gasteiger partial charge is 0.131 e. The van der Waals surface area contributed by atoms with E-state index < -0.39 is 0 Å². The minimum atomic E-state index is 0.230. The van der Waals surface area contributed by atoms with Crippen LogP contribution in [0.5, 0.6) is 0 Å². The van der Waals surface area contributed by atoms with Gasteiger partial charge in [-0.3, -0.25) is 0 Å². The number of imidazole rings is 1. The largest absolute Gasteiger partial charge is 0.336 e. The summed E-state index contributed by atoms with van der Waals surface area (Å²) in [6, 6.07) is 5.20. The number of nitrogens with one attached hydrogen (secondary N) is 1. The molecule has 1 saturated carbocycles. The molecule has 0 aliphatic heterocycles. The molecule has 0 amide bonds. The van der Waals surface area contributed by atoms with Crippen LogP contribution >= 0.6 is 11.3 Å². The molecule has 3 rings (SSSR count). The third-order valence-corrected chi connectivity index (χ3v) is 5.71. The van der Waals surface area contributed by atoms with Crippen LogP contribution in [0, 0.1) is 5.92 Å². The van der Waals surface area contributed by atoms with Gasteiger partial charge in [0, 0.05) is 30.4 Å². The van der Waals surface area contributed by atoms with Crippen LogP contribution in [0.25, 0.3) is 0 Å². The van der Waals surface area contributed by atoms with Crippen molar-refractivity contribution in [2.75, 3.05) is 0 Å². The summed E-state index contributed by atoms with van der Waals surface area (Å²) in [5.74, 6) is 2.06. The van der Waals surface area contributed by atoms with Crippen LogP contribution in [0.15, 0.2) is 29.9 Å². The summed E-state index contributed by atoms with van der Waals surface area (Å²) < 4.78 is 2.13. The van der Waals surface area contributed by atoms with Gasteiger partial charge in [0.15, 0.2) is 0 Å². The summed E-state index contributed by atoms with van der Waals surface area (Å²) in [6.07, 6.45) is 10.6. The van der Waals surface area contributed by atoms with Gasteiger partial charge in [-0.2, -0.15) is 0 Å². The van der Waals surface area contributed by atoms with Crippen molar-refractivity contribution in [3.8, 4) is 0 Å². The SMILES string of the molecule is CCC1CCC(NC(c2cccs2)c2nccn2C)CC1. The zero-order valence-corrected chi connectivity index (χ0v) is 13.8. The number of aromatic nitrogens is 2. The lowest BCUT2D eigenvalue weighted by molar-refractivity contribution is 0.275. The molecule has 0 bridgehead atoms. The highest BCUT2D eigenvalue weighted by Gasteiger charge is 2.26. The van der Waals surface area contributed by atoms with Gasteiger partial charge in [-0.05, 0) is 43.0 Å². The molecule has 1 aliphatic rings. The Kier molecular flexibility index (Phi) is 4.76. The summed E-state index contributed by atoms with van der Waals surface area (Å²) in [7, 11) is 2.08. The molecule has 0 aromatic carbocycles. The summed E-state index contributed by atoms with van der Waals surface area (Å²) in [5.41, 5.74) is 0. The fourth-order valence-corrected chi connectivity index (χ4v) is 4.15. The highest BCUT2D eigenvalue weighted by Crippen LogP contribution is 2.31. The minimum absolute atomic E-state index is 0.230. The molecule has 1 fully saturated rings. The molecular formula is C17H25N3S. The van der Waals surface area contributed by atoms with E-state index in [4.69, 9.17) is 0 Å². The van der Waals surface area contributed by atoms with Crippen molar-refractivity contribution in [3.63, 3.8) is 0 Å². The van der Waals surface area contributed by atoms with Crippen LogP contribution in [0.2, 0.25) is 0 Å². The molecular weight excluding hydrogens is 278 g/mol. The average Bonchev–Trinajstić information content (AvgIpc) is 3.17. The highest BCUT2D eigenvalue weighted by atomic mass is 32.1. The van der Waals surface area contributed by atoms with E-state index in [1.807, 2.05) is 23.7 Å². The third kappa shape index (κ3) is 3.38. The van der Waals surface area contributed by atoms with Crippen molar-refractivity contribution in [3.05, 3.63) is 40.6 Å². The van der Waals surface area contributed by atoms with E-state index in [1.54, 1.807) is 0 Å². The van der Waals surface area contributed by atoms with Gasteiger partial charge in [-0.1, -0.05) is 19.4 Å². The number of rotatable bonds is 5. The normalized spacial score (nSPS) is 24.1. The molecule has 2 aromatic rings. The first-order chi connectivity index (χ1) is 10.3. The molecule has 1 aliphatic carbocycles. The maximum Gasteiger partial charge on any atom is 0.131 e. The predicted molar refractivity (Wildman–Crippen MR) is 88.5 cm³/mol. The summed E-state index contributed by atoms with van der Waals surface area (Å²) in [6.45, 7) is 2.32. The molecule has 0 radical (unpaired) electrons. The highest BCUT2D eigenvalue weighted by molar-refractivity contribution is 7.10. The maximum absolute atomic E-state index is 4.58. The van der Waals surface area contributed by atoms with Gasteiger partial charge in [0.1, 0.15) is 11.9 Å². The van der Waals surface area contributed by atoms with E-state index in [9.17, 15) is 0 Å². The Balaban J connectivity index is 1.74. The van der Waals surface area contributed by atoms with Crippen LogP contribution in [-0.4, -0.2) is 15.6 Å². The van der Waals surface area contributed by atoms with Crippen molar-refractivity contribution in [1.29, 1.82) is 0 Å². The molecule has 2 aromatic heterocycles. The van der Waals surface area contributed by atoms with E-state index >= 15 is 0 Å². The lowest BCUT2D eigenvalue weighted by Crippen LogP contribution is -2.37. The first-order valence-corrected chi connectivity index (χ1v) is 8.92. The minimum Gasteiger partial charge on any atom is -0.336 e. The number of thiophene rings is 1. The Hall–Kier alpha value is -1.13. The molecule has 1 atom stereocenters. The monoisotopic (exact) mass is 303 g/mol. The predicted octanol–water partition coefficient (Wildman–Crippen LogP) is 4.13. The zero-order chi connectivity index (χ0) is 14.7. The van der Waals surface area contributed by atoms with Crippen LogP contribution in [0.4, 0.5) is 0 Å². The van der Waals surface area contributed by atoms with Crippen LogP contribution in [-0.2, 0) is 7.05 Å². The Morgan fingerprint density at radius 1 is 1.38 bits per heavy atom. The lowest BCUT2D eigenvalue weighted by atomic mass is 9.84. The number of hydrogen-bond donors (Lipinski definition) is 1. The Labute approximate surface area is 131 Å². The third-order valence-electron chi connectivity index (χ3n) is 4.77. The van der Waals surface area contributed by atoms with Crippen molar-refractivity contribution in [2.24, 2.45) is 13.0 Å². The molecule has 2 heterocycles. The van der Waals surface area contributed by atoms with Crippen LogP contribution < -0.4 is 5.32 Å². The van der Waals surface area contributed by atoms with Crippen molar-refractivity contribution < 1.29 is 0 Å². The number of nitrogens with zero attached hydrogens (tertiary/aromatic N) is 2. The van der Waals surface area contributed by atoms with Crippen molar-refractivity contribution in [2.45, 2.75) is 51.1 Å². The lowest BCUT2D eigenvalue weighted by Gasteiger charge is -2.31. The summed E-state index contributed by atoms with van der Waals surface area (Å²) in [4.78, 5) is 5.94. The first-order valence-electron chi connectivity index (χ1n) is 8.04. The summed E-state index contributed by atoms with van der Waals surface area (Å²) >= 11 is 1.82. The Morgan fingerprint density at radius 3 is 2.76 bits per heavy atom. The second-order valence-corrected chi connectivity index (χ2v) is 7.12. The van der Waals surface area contributed by atoms with E-state index in [0.717, 1.165) is 11.7 Å². The van der Waals surface area contributed by atoms with E-state index in [1.165, 1.54) is 37.0 Å². The molecule has 0 saturated heterocycles. The van der Waals surface area contributed by atoms with E-state index in [2.05, 4.69) is 46.4 Å². The number of aryl methyl sites for hydroxylation is 1. The van der Waals surface area contributed by atoms with Crippen molar-refractivity contribution in [1.82, 2.24) is 14.9 Å². The molecule has 0 spiro atoms. The second-order valence-electron chi connectivity index (χ2n) is 6.14. The fourth-order valence-electron chi connectivity index (χ4n) is 3.37. The van der Waals surface area contributed by atoms with Gasteiger partial charge >= 0.3 is 0 Å². The number of hydrogen-bond acceptors (Lipinski definition) is 3. The molecule has 1 unspecified atom stereocenters. The molecule has 1 N–H and O–H groups in total. The van der Waals surface area contributed by atoms with Gasteiger partial charge in [0.05, 0.1) is 0 Å². The quantitative estimate of drug-likeness (QED) is 0.900. The Bertz CT molecular complexity index is 538. The molecule has 114 valence electrons. The van der Waals surface area contributed by atoms with Gasteiger partial charge < -0.3 is 9.88 Å². The fraction of sp³-hybridized carbons (Fsp3) is 0.588. The summed E-state index contributed by atoms with van der Waals surface area (Å²) in [5, 5.41) is 6.03. The second kappa shape index (κ2) is 6.75. The van der Waals surface area contributed by atoms with Crippen LogP contribution in [0.1, 0.15) is 55.8 Å². The topological polar surface area (TPSA) is 29.9 Å². The van der Waals surface area contributed by atoms with Gasteiger partial charge in [0.25, 0.3) is 0 Å². The first kappa shape index (κ1) is 14.8. The maximum atomic E-state index is 4.58.